The molecule has 0 amide bonds. The molecule has 0 aromatic carbocycles. The third-order valence-corrected chi connectivity index (χ3v) is 3.94. The van der Waals surface area contributed by atoms with Gasteiger partial charge in [0, 0.05) is 12.6 Å². The summed E-state index contributed by atoms with van der Waals surface area (Å²) in [6, 6.07) is 4.77. The summed E-state index contributed by atoms with van der Waals surface area (Å²) in [5.41, 5.74) is 1.98. The van der Waals surface area contributed by atoms with Crippen molar-refractivity contribution in [3.63, 3.8) is 0 Å². The number of anilines is 1. The molecule has 1 aromatic rings. The maximum atomic E-state index is 9.41. The van der Waals surface area contributed by atoms with E-state index in [4.69, 9.17) is 0 Å². The van der Waals surface area contributed by atoms with Gasteiger partial charge in [-0.25, -0.2) is 0 Å². The zero-order valence-corrected chi connectivity index (χ0v) is 9.63. The maximum absolute atomic E-state index is 9.41. The Kier molecular flexibility index (Phi) is 2.36. The predicted molar refractivity (Wildman–Crippen MR) is 63.3 cm³/mol. The predicted octanol–water partition coefficient (Wildman–Crippen LogP) is 2.12. The minimum Gasteiger partial charge on any atom is -0.387 e. The molecule has 1 aromatic heterocycles. The Morgan fingerprint density at radius 1 is 1.44 bits per heavy atom. The summed E-state index contributed by atoms with van der Waals surface area (Å²) in [5.74, 6) is 0.904. The summed E-state index contributed by atoms with van der Waals surface area (Å²) in [6.07, 6.45) is 5.54. The average molecular weight is 218 g/mol. The van der Waals surface area contributed by atoms with Crippen LogP contribution >= 0.6 is 0 Å². The summed E-state index contributed by atoms with van der Waals surface area (Å²) in [5, 5.41) is 9.41. The first-order chi connectivity index (χ1) is 7.74. The molecular weight excluding hydrogens is 200 g/mol. The van der Waals surface area contributed by atoms with Crippen molar-refractivity contribution in [3.8, 4) is 0 Å². The van der Waals surface area contributed by atoms with Crippen molar-refractivity contribution in [1.29, 1.82) is 0 Å². The Hall–Kier alpha value is -1.09. The monoisotopic (exact) mass is 218 g/mol. The number of fused-ring (bicyclic) bond motifs is 2. The van der Waals surface area contributed by atoms with Crippen LogP contribution in [0.2, 0.25) is 0 Å². The molecule has 0 radical (unpaired) electrons. The standard InChI is InChI=1S/C13H18N2O/c1-9(16)13-5-4-12(7-14-13)15-8-10-2-3-11(15)6-10/h4-5,7,9-11,16H,2-3,6,8H2,1H3/t9-,10?,11?/m0/s1. The molecule has 2 aliphatic rings. The third-order valence-electron chi connectivity index (χ3n) is 3.94. The van der Waals surface area contributed by atoms with Gasteiger partial charge in [-0.05, 0) is 44.2 Å². The fourth-order valence-corrected chi connectivity index (χ4v) is 3.06. The van der Waals surface area contributed by atoms with Crippen LogP contribution in [0.4, 0.5) is 5.69 Å². The van der Waals surface area contributed by atoms with Gasteiger partial charge in [-0.15, -0.1) is 0 Å². The summed E-state index contributed by atoms with van der Waals surface area (Å²) in [6.45, 7) is 2.94. The quantitative estimate of drug-likeness (QED) is 0.826. The molecule has 2 heterocycles. The highest BCUT2D eigenvalue weighted by Gasteiger charge is 2.37. The number of hydrogen-bond donors (Lipinski definition) is 1. The zero-order chi connectivity index (χ0) is 11.1. The molecule has 1 saturated heterocycles. The lowest BCUT2D eigenvalue weighted by Crippen LogP contribution is -2.31. The number of pyridine rings is 1. The van der Waals surface area contributed by atoms with Gasteiger partial charge in [0.15, 0.2) is 0 Å². The lowest BCUT2D eigenvalue weighted by molar-refractivity contribution is 0.194. The number of hydrogen-bond acceptors (Lipinski definition) is 3. The van der Waals surface area contributed by atoms with E-state index in [0.29, 0.717) is 0 Å². The van der Waals surface area contributed by atoms with E-state index < -0.39 is 6.10 Å². The molecule has 1 saturated carbocycles. The van der Waals surface area contributed by atoms with Gasteiger partial charge in [0.2, 0.25) is 0 Å². The highest BCUT2D eigenvalue weighted by atomic mass is 16.3. The molecule has 3 atom stereocenters. The Labute approximate surface area is 96.1 Å². The van der Waals surface area contributed by atoms with Crippen molar-refractivity contribution in [1.82, 2.24) is 4.98 Å². The zero-order valence-electron chi connectivity index (χ0n) is 9.63. The smallest absolute Gasteiger partial charge is 0.0931 e. The molecule has 2 bridgehead atoms. The van der Waals surface area contributed by atoms with Crippen LogP contribution in [0, 0.1) is 5.92 Å². The van der Waals surface area contributed by atoms with Gasteiger partial charge in [-0.1, -0.05) is 0 Å². The molecule has 16 heavy (non-hydrogen) atoms. The van der Waals surface area contributed by atoms with Crippen molar-refractivity contribution in [2.45, 2.75) is 38.3 Å². The molecular formula is C13H18N2O. The van der Waals surface area contributed by atoms with Crippen LogP contribution in [-0.2, 0) is 0 Å². The number of aliphatic hydroxyl groups is 1. The SMILES string of the molecule is C[C@H](O)c1ccc(N2CC3CCC2C3)cn1. The van der Waals surface area contributed by atoms with E-state index in [1.807, 2.05) is 12.3 Å². The number of aliphatic hydroxyl groups excluding tert-OH is 1. The molecule has 3 nitrogen and oxygen atoms in total. The lowest BCUT2D eigenvalue weighted by atomic mass is 10.1. The minimum atomic E-state index is -0.468. The van der Waals surface area contributed by atoms with Crippen LogP contribution in [-0.4, -0.2) is 22.7 Å². The van der Waals surface area contributed by atoms with Crippen molar-refractivity contribution in [2.24, 2.45) is 5.92 Å². The first-order valence-electron chi connectivity index (χ1n) is 6.14. The largest absolute Gasteiger partial charge is 0.387 e. The summed E-state index contributed by atoms with van der Waals surface area (Å²) >= 11 is 0. The van der Waals surface area contributed by atoms with E-state index in [1.165, 1.54) is 31.5 Å². The molecule has 1 N–H and O–H groups in total. The molecule has 3 rings (SSSR count). The maximum Gasteiger partial charge on any atom is 0.0931 e. The molecule has 1 aliphatic heterocycles. The van der Waals surface area contributed by atoms with Gasteiger partial charge in [-0.2, -0.15) is 0 Å². The van der Waals surface area contributed by atoms with Gasteiger partial charge < -0.3 is 10.0 Å². The van der Waals surface area contributed by atoms with Gasteiger partial charge in [-0.3, -0.25) is 4.98 Å². The number of piperidine rings is 1. The Morgan fingerprint density at radius 3 is 2.81 bits per heavy atom. The fourth-order valence-electron chi connectivity index (χ4n) is 3.06. The van der Waals surface area contributed by atoms with Crippen LogP contribution in [0.25, 0.3) is 0 Å². The molecule has 1 aliphatic carbocycles. The Morgan fingerprint density at radius 2 is 2.31 bits per heavy atom. The number of rotatable bonds is 2. The van der Waals surface area contributed by atoms with E-state index in [2.05, 4.69) is 16.0 Å². The normalized spacial score (nSPS) is 29.8. The van der Waals surface area contributed by atoms with E-state index >= 15 is 0 Å². The van der Waals surface area contributed by atoms with E-state index in [-0.39, 0.29) is 0 Å². The van der Waals surface area contributed by atoms with Crippen LogP contribution in [0.1, 0.15) is 38.0 Å². The van der Waals surface area contributed by atoms with E-state index in [1.54, 1.807) is 6.92 Å². The summed E-state index contributed by atoms with van der Waals surface area (Å²) < 4.78 is 0. The van der Waals surface area contributed by atoms with Gasteiger partial charge >= 0.3 is 0 Å². The van der Waals surface area contributed by atoms with Gasteiger partial charge in [0.25, 0.3) is 0 Å². The van der Waals surface area contributed by atoms with Crippen LogP contribution in [0.15, 0.2) is 18.3 Å². The second kappa shape index (κ2) is 3.74. The van der Waals surface area contributed by atoms with Crippen molar-refractivity contribution in [3.05, 3.63) is 24.0 Å². The van der Waals surface area contributed by atoms with Crippen molar-refractivity contribution >= 4 is 5.69 Å². The molecule has 3 heteroatoms. The van der Waals surface area contributed by atoms with Crippen LogP contribution < -0.4 is 4.90 Å². The second-order valence-electron chi connectivity index (χ2n) is 5.10. The average Bonchev–Trinajstić information content (AvgIpc) is 2.91. The van der Waals surface area contributed by atoms with Gasteiger partial charge in [0.05, 0.1) is 23.7 Å². The van der Waals surface area contributed by atoms with Crippen molar-refractivity contribution in [2.75, 3.05) is 11.4 Å². The summed E-state index contributed by atoms with van der Waals surface area (Å²) in [4.78, 5) is 6.79. The van der Waals surface area contributed by atoms with Crippen LogP contribution in [0.3, 0.4) is 0 Å². The summed E-state index contributed by atoms with van der Waals surface area (Å²) in [7, 11) is 0. The first-order valence-corrected chi connectivity index (χ1v) is 6.14. The minimum absolute atomic E-state index is 0.468. The molecule has 2 fully saturated rings. The Bertz CT molecular complexity index is 374. The van der Waals surface area contributed by atoms with E-state index in [9.17, 15) is 5.11 Å². The van der Waals surface area contributed by atoms with Gasteiger partial charge in [0.1, 0.15) is 0 Å². The van der Waals surface area contributed by atoms with Crippen molar-refractivity contribution < 1.29 is 5.11 Å². The topological polar surface area (TPSA) is 36.4 Å². The van der Waals surface area contributed by atoms with Crippen LogP contribution in [0.5, 0.6) is 0 Å². The molecule has 0 spiro atoms. The molecule has 86 valence electrons. The molecule has 2 unspecified atom stereocenters. The highest BCUT2D eigenvalue weighted by Crippen LogP contribution is 2.39. The number of nitrogens with zero attached hydrogens (tertiary/aromatic N) is 2. The number of aromatic nitrogens is 1. The Balaban J connectivity index is 1.80. The lowest BCUT2D eigenvalue weighted by Gasteiger charge is -2.28. The fraction of sp³-hybridized carbons (Fsp3) is 0.615. The third kappa shape index (κ3) is 1.59. The highest BCUT2D eigenvalue weighted by molar-refractivity contribution is 5.48. The second-order valence-corrected chi connectivity index (χ2v) is 5.10. The van der Waals surface area contributed by atoms with E-state index in [0.717, 1.165) is 17.7 Å². The first kappa shape index (κ1) is 10.1.